The number of aliphatic hydroxyl groups is 3. The highest BCUT2D eigenvalue weighted by Crippen LogP contribution is 2.60. The summed E-state index contributed by atoms with van der Waals surface area (Å²) in [6, 6.07) is 0. The van der Waals surface area contributed by atoms with Crippen molar-refractivity contribution in [2.45, 2.75) is 109 Å². The molecule has 3 aliphatic carbocycles. The van der Waals surface area contributed by atoms with E-state index in [-0.39, 0.29) is 6.42 Å². The van der Waals surface area contributed by atoms with E-state index < -0.39 is 24.0 Å². The fourth-order valence-corrected chi connectivity index (χ4v) is 6.72. The van der Waals surface area contributed by atoms with Gasteiger partial charge in [-0.25, -0.2) is 4.39 Å². The second kappa shape index (κ2) is 9.49. The van der Waals surface area contributed by atoms with E-state index in [1.807, 2.05) is 19.9 Å². The van der Waals surface area contributed by atoms with Gasteiger partial charge >= 0.3 is 0 Å². The fourth-order valence-electron chi connectivity index (χ4n) is 6.72. The zero-order chi connectivity index (χ0) is 23.0. The lowest BCUT2D eigenvalue weighted by atomic mass is 9.60. The molecule has 0 radical (unpaired) electrons. The van der Waals surface area contributed by atoms with Crippen LogP contribution in [0.25, 0.3) is 0 Å². The van der Waals surface area contributed by atoms with Crippen molar-refractivity contribution in [2.24, 2.45) is 23.2 Å². The van der Waals surface area contributed by atoms with Crippen molar-refractivity contribution < 1.29 is 19.7 Å². The summed E-state index contributed by atoms with van der Waals surface area (Å²) in [5, 5.41) is 30.0. The van der Waals surface area contributed by atoms with Gasteiger partial charge in [-0.3, -0.25) is 0 Å². The van der Waals surface area contributed by atoms with Crippen molar-refractivity contribution in [1.82, 2.24) is 0 Å². The molecule has 3 N–H and O–H groups in total. The molecule has 7 atom stereocenters. The average Bonchev–Trinajstić information content (AvgIpc) is 3.04. The number of hydrogen-bond acceptors (Lipinski definition) is 3. The molecule has 3 fully saturated rings. The zero-order valence-electron chi connectivity index (χ0n) is 19.9. The van der Waals surface area contributed by atoms with E-state index in [0.717, 1.165) is 24.8 Å². The summed E-state index contributed by atoms with van der Waals surface area (Å²) in [5.41, 5.74) is 2.36. The van der Waals surface area contributed by atoms with Gasteiger partial charge < -0.3 is 15.3 Å². The van der Waals surface area contributed by atoms with Gasteiger partial charge in [-0.05, 0) is 86.7 Å². The van der Waals surface area contributed by atoms with Gasteiger partial charge in [0.25, 0.3) is 0 Å². The van der Waals surface area contributed by atoms with Crippen LogP contribution in [0.2, 0.25) is 0 Å². The largest absolute Gasteiger partial charge is 0.390 e. The Hall–Kier alpha value is -0.970. The molecule has 0 heterocycles. The predicted octanol–water partition coefficient (Wildman–Crippen LogP) is 5.65. The van der Waals surface area contributed by atoms with E-state index >= 15 is 0 Å². The number of allylic oxidation sites excluding steroid dienone is 3. The third-order valence-corrected chi connectivity index (χ3v) is 8.54. The number of aliphatic hydroxyl groups excluding tert-OH is 2. The first-order valence-corrected chi connectivity index (χ1v) is 12.3. The van der Waals surface area contributed by atoms with Crippen LogP contribution in [0, 0.1) is 23.2 Å². The van der Waals surface area contributed by atoms with Crippen molar-refractivity contribution in [2.75, 3.05) is 0 Å². The van der Waals surface area contributed by atoms with E-state index in [2.05, 4.69) is 26.5 Å². The van der Waals surface area contributed by atoms with E-state index in [0.29, 0.717) is 28.7 Å². The van der Waals surface area contributed by atoms with Crippen LogP contribution < -0.4 is 0 Å². The lowest BCUT2D eigenvalue weighted by Crippen LogP contribution is -2.40. The van der Waals surface area contributed by atoms with Gasteiger partial charge in [0.2, 0.25) is 0 Å². The summed E-state index contributed by atoms with van der Waals surface area (Å²) in [5.74, 6) is 1.93. The van der Waals surface area contributed by atoms with E-state index in [1.54, 1.807) is 0 Å². The van der Waals surface area contributed by atoms with Gasteiger partial charge in [0.15, 0.2) is 6.17 Å². The molecule has 3 nitrogen and oxygen atoms in total. The summed E-state index contributed by atoms with van der Waals surface area (Å²) in [4.78, 5) is 0. The number of fused-ring (bicyclic) bond motifs is 1. The Morgan fingerprint density at radius 2 is 1.97 bits per heavy atom. The summed E-state index contributed by atoms with van der Waals surface area (Å²) < 4.78 is 13.9. The Morgan fingerprint density at radius 3 is 2.65 bits per heavy atom. The number of halogens is 1. The highest BCUT2D eigenvalue weighted by Gasteiger charge is 2.50. The SMILES string of the molecule is C=C1/C(=C\C=C2CCC[C@@]3(C)C2CC[C@@H]3[C@H](C)CCCC(C)(C)O)C[C@@H](O)C(F)C1O. The molecule has 3 saturated carbocycles. The topological polar surface area (TPSA) is 60.7 Å². The Balaban J connectivity index is 1.71. The number of alkyl halides is 1. The molecule has 4 heteroatoms. The molecular weight excluding hydrogens is 391 g/mol. The van der Waals surface area contributed by atoms with Gasteiger partial charge in [0, 0.05) is 6.42 Å². The second-order valence-corrected chi connectivity index (χ2v) is 11.4. The molecule has 176 valence electrons. The number of hydrogen-bond donors (Lipinski definition) is 3. The van der Waals surface area contributed by atoms with Crippen molar-refractivity contribution >= 4 is 0 Å². The molecule has 3 rings (SSSR count). The van der Waals surface area contributed by atoms with Gasteiger partial charge in [-0.1, -0.05) is 51.0 Å². The van der Waals surface area contributed by atoms with Crippen LogP contribution in [0.5, 0.6) is 0 Å². The predicted molar refractivity (Wildman–Crippen MR) is 124 cm³/mol. The van der Waals surface area contributed by atoms with E-state index in [4.69, 9.17) is 0 Å². The monoisotopic (exact) mass is 434 g/mol. The highest BCUT2D eigenvalue weighted by molar-refractivity contribution is 5.40. The Labute approximate surface area is 188 Å². The van der Waals surface area contributed by atoms with Crippen LogP contribution in [0.3, 0.4) is 0 Å². The van der Waals surface area contributed by atoms with Crippen molar-refractivity contribution in [3.8, 4) is 0 Å². The third kappa shape index (κ3) is 5.34. The summed E-state index contributed by atoms with van der Waals surface area (Å²) in [7, 11) is 0. The smallest absolute Gasteiger partial charge is 0.156 e. The van der Waals surface area contributed by atoms with Crippen LogP contribution in [0.1, 0.15) is 85.5 Å². The molecule has 0 saturated heterocycles. The minimum atomic E-state index is -1.65. The molecular formula is C27H43FO3. The van der Waals surface area contributed by atoms with Gasteiger partial charge in [0.1, 0.15) is 6.10 Å². The first-order valence-electron chi connectivity index (χ1n) is 12.3. The lowest BCUT2D eigenvalue weighted by molar-refractivity contribution is -0.00417. The minimum Gasteiger partial charge on any atom is -0.390 e. The molecule has 0 aromatic carbocycles. The van der Waals surface area contributed by atoms with Crippen molar-refractivity contribution in [3.05, 3.63) is 35.5 Å². The Morgan fingerprint density at radius 1 is 1.26 bits per heavy atom. The molecule has 3 unspecified atom stereocenters. The van der Waals surface area contributed by atoms with Crippen LogP contribution in [0.15, 0.2) is 35.5 Å². The Kier molecular flexibility index (Phi) is 7.55. The lowest BCUT2D eigenvalue weighted by Gasteiger charge is -2.44. The molecule has 0 aromatic heterocycles. The van der Waals surface area contributed by atoms with E-state index in [9.17, 15) is 19.7 Å². The van der Waals surface area contributed by atoms with Gasteiger partial charge in [0.05, 0.1) is 11.7 Å². The first kappa shape index (κ1) is 24.7. The quantitative estimate of drug-likeness (QED) is 0.506. The molecule has 31 heavy (non-hydrogen) atoms. The standard InChI is InChI=1S/C27H43FO3/c1-17(8-6-14-26(3,4)31)21-12-13-22-19(9-7-15-27(21,22)5)10-11-20-16-23(29)24(28)25(30)18(20)2/h10-11,17,21-25,29-31H,2,6-9,12-16H2,1,3-5H3/b19-10?,20-11-/t17-,21-,22?,23-,24?,25?,27-/m1/s1. The van der Waals surface area contributed by atoms with E-state index in [1.165, 1.54) is 37.7 Å². The molecule has 0 spiro atoms. The van der Waals surface area contributed by atoms with Crippen LogP contribution >= 0.6 is 0 Å². The maximum Gasteiger partial charge on any atom is 0.156 e. The molecule has 0 amide bonds. The summed E-state index contributed by atoms with van der Waals surface area (Å²) in [6.07, 6.45) is 9.34. The van der Waals surface area contributed by atoms with Gasteiger partial charge in [-0.2, -0.15) is 0 Å². The van der Waals surface area contributed by atoms with Gasteiger partial charge in [-0.15, -0.1) is 0 Å². The van der Waals surface area contributed by atoms with Crippen molar-refractivity contribution in [1.29, 1.82) is 0 Å². The maximum atomic E-state index is 13.9. The molecule has 0 aromatic rings. The first-order chi connectivity index (χ1) is 14.4. The Bertz CT molecular complexity index is 718. The maximum absolute atomic E-state index is 13.9. The second-order valence-electron chi connectivity index (χ2n) is 11.4. The third-order valence-electron chi connectivity index (χ3n) is 8.54. The molecule has 3 aliphatic rings. The fraction of sp³-hybridized carbons (Fsp3) is 0.778. The van der Waals surface area contributed by atoms with Crippen LogP contribution in [0.4, 0.5) is 4.39 Å². The molecule has 0 bridgehead atoms. The summed E-state index contributed by atoms with van der Waals surface area (Å²) >= 11 is 0. The number of rotatable bonds is 6. The zero-order valence-corrected chi connectivity index (χ0v) is 19.9. The van der Waals surface area contributed by atoms with Crippen LogP contribution in [-0.4, -0.2) is 39.3 Å². The van der Waals surface area contributed by atoms with Crippen LogP contribution in [-0.2, 0) is 0 Å². The average molecular weight is 435 g/mol. The highest BCUT2D eigenvalue weighted by atomic mass is 19.1. The minimum absolute atomic E-state index is 0.212. The summed E-state index contributed by atoms with van der Waals surface area (Å²) in [6.45, 7) is 12.5. The normalized spacial score (nSPS) is 40.4. The molecule has 0 aliphatic heterocycles. The van der Waals surface area contributed by atoms with Crippen molar-refractivity contribution in [3.63, 3.8) is 0 Å².